The van der Waals surface area contributed by atoms with E-state index in [9.17, 15) is 9.59 Å². The lowest BCUT2D eigenvalue weighted by Gasteiger charge is -2.10. The summed E-state index contributed by atoms with van der Waals surface area (Å²) in [5, 5.41) is 9.24. The molecule has 2 aromatic carbocycles. The van der Waals surface area contributed by atoms with Gasteiger partial charge in [-0.15, -0.1) is 0 Å². The van der Waals surface area contributed by atoms with Crippen LogP contribution in [0.5, 0.6) is 5.75 Å². The molecule has 0 atom stereocenters. The monoisotopic (exact) mass is 403 g/mol. The first-order chi connectivity index (χ1) is 14.5. The van der Waals surface area contributed by atoms with E-state index in [-0.39, 0.29) is 24.0 Å². The van der Waals surface area contributed by atoms with E-state index in [0.717, 1.165) is 10.8 Å². The van der Waals surface area contributed by atoms with Gasteiger partial charge in [-0.25, -0.2) is 4.98 Å². The van der Waals surface area contributed by atoms with Gasteiger partial charge in [-0.1, -0.05) is 37.3 Å². The summed E-state index contributed by atoms with van der Waals surface area (Å²) in [7, 11) is 0. The Bertz CT molecular complexity index is 1280. The third-order valence-electron chi connectivity index (χ3n) is 4.53. The number of benzene rings is 2. The van der Waals surface area contributed by atoms with Crippen LogP contribution in [0.2, 0.25) is 0 Å². The van der Waals surface area contributed by atoms with Crippen LogP contribution in [-0.2, 0) is 11.2 Å². The average Bonchev–Trinajstić information content (AvgIpc) is 3.11. The number of nitrogens with one attached hydrogen (secondary N) is 2. The van der Waals surface area contributed by atoms with E-state index in [1.165, 1.54) is 10.7 Å². The van der Waals surface area contributed by atoms with Crippen LogP contribution in [-0.4, -0.2) is 32.3 Å². The molecule has 1 amide bonds. The van der Waals surface area contributed by atoms with E-state index in [2.05, 4.69) is 20.4 Å². The van der Waals surface area contributed by atoms with Gasteiger partial charge in [-0.2, -0.15) is 9.78 Å². The molecule has 0 bridgehead atoms. The summed E-state index contributed by atoms with van der Waals surface area (Å²) in [4.78, 5) is 31.4. The fourth-order valence-electron chi connectivity index (χ4n) is 3.11. The first-order valence-corrected chi connectivity index (χ1v) is 9.60. The highest BCUT2D eigenvalue weighted by atomic mass is 16.5. The van der Waals surface area contributed by atoms with Crippen LogP contribution in [0.25, 0.3) is 16.7 Å². The zero-order chi connectivity index (χ0) is 21.1. The summed E-state index contributed by atoms with van der Waals surface area (Å²) in [6.07, 6.45) is 0.610. The van der Waals surface area contributed by atoms with Gasteiger partial charge in [0.2, 0.25) is 5.95 Å². The van der Waals surface area contributed by atoms with E-state index >= 15 is 0 Å². The smallest absolute Gasteiger partial charge is 0.263 e. The van der Waals surface area contributed by atoms with Crippen molar-refractivity contribution in [2.24, 2.45) is 0 Å². The number of fused-ring (bicyclic) bond motifs is 1. The van der Waals surface area contributed by atoms with Gasteiger partial charge in [-0.05, 0) is 36.2 Å². The number of amides is 1. The molecular weight excluding hydrogens is 382 g/mol. The van der Waals surface area contributed by atoms with Gasteiger partial charge < -0.3 is 10.1 Å². The number of rotatable bonds is 6. The Hall–Kier alpha value is -3.94. The van der Waals surface area contributed by atoms with Gasteiger partial charge in [0.05, 0.1) is 5.69 Å². The number of H-pyrrole nitrogens is 1. The number of hydrogen-bond donors (Lipinski definition) is 2. The number of nitrogens with zero attached hydrogens (tertiary/aromatic N) is 3. The minimum atomic E-state index is -0.349. The quantitative estimate of drug-likeness (QED) is 0.515. The topological polar surface area (TPSA) is 102 Å². The third kappa shape index (κ3) is 4.22. The number of anilines is 1. The average molecular weight is 403 g/mol. The van der Waals surface area contributed by atoms with E-state index in [1.54, 1.807) is 13.0 Å². The molecule has 0 radical (unpaired) electrons. The standard InChI is InChI=1S/C22H21N5O3/c1-3-17-12-20(28)25-22(23-17)27-19(10-14(2)26-27)24-21(29)13-30-18-9-8-15-6-4-5-7-16(15)11-18/h4-12H,3,13H2,1-2H3,(H,24,29)(H,23,25,28). The fraction of sp³-hybridized carbons (Fsp3) is 0.182. The van der Waals surface area contributed by atoms with Crippen LogP contribution < -0.4 is 15.6 Å². The molecule has 8 heteroatoms. The number of aromatic amines is 1. The molecule has 0 saturated carbocycles. The van der Waals surface area contributed by atoms with Crippen molar-refractivity contribution < 1.29 is 9.53 Å². The van der Waals surface area contributed by atoms with Gasteiger partial charge in [0.25, 0.3) is 11.5 Å². The minimum Gasteiger partial charge on any atom is -0.484 e. The molecule has 2 heterocycles. The maximum absolute atomic E-state index is 12.5. The molecule has 0 aliphatic carbocycles. The lowest BCUT2D eigenvalue weighted by Crippen LogP contribution is -2.23. The number of carbonyl (C=O) groups excluding carboxylic acids is 1. The van der Waals surface area contributed by atoms with Gasteiger partial charge in [0, 0.05) is 17.8 Å². The zero-order valence-corrected chi connectivity index (χ0v) is 16.7. The molecular formula is C22H21N5O3. The summed E-state index contributed by atoms with van der Waals surface area (Å²) in [6, 6.07) is 16.7. The normalized spacial score (nSPS) is 10.9. The first kappa shape index (κ1) is 19.4. The highest BCUT2D eigenvalue weighted by Gasteiger charge is 2.14. The number of aromatic nitrogens is 4. The van der Waals surface area contributed by atoms with E-state index in [1.807, 2.05) is 49.4 Å². The van der Waals surface area contributed by atoms with E-state index < -0.39 is 0 Å². The summed E-state index contributed by atoms with van der Waals surface area (Å²) >= 11 is 0. The van der Waals surface area contributed by atoms with E-state index in [4.69, 9.17) is 4.74 Å². The summed E-state index contributed by atoms with van der Waals surface area (Å²) in [6.45, 7) is 3.54. The summed E-state index contributed by atoms with van der Waals surface area (Å²) in [5.74, 6) is 0.905. The Morgan fingerprint density at radius 3 is 2.73 bits per heavy atom. The molecule has 30 heavy (non-hydrogen) atoms. The van der Waals surface area contributed by atoms with Gasteiger partial charge >= 0.3 is 0 Å². The van der Waals surface area contributed by atoms with Crippen molar-refractivity contribution >= 4 is 22.5 Å². The third-order valence-corrected chi connectivity index (χ3v) is 4.53. The molecule has 0 aliphatic heterocycles. The molecule has 2 N–H and O–H groups in total. The molecule has 152 valence electrons. The molecule has 4 aromatic rings. The number of hydrogen-bond acceptors (Lipinski definition) is 5. The van der Waals surface area contributed by atoms with Crippen molar-refractivity contribution in [2.75, 3.05) is 11.9 Å². The van der Waals surface area contributed by atoms with Crippen molar-refractivity contribution in [1.82, 2.24) is 19.7 Å². The Kier molecular flexibility index (Phi) is 5.30. The molecule has 0 aliphatic rings. The van der Waals surface area contributed by atoms with Crippen LogP contribution in [0.4, 0.5) is 5.82 Å². The minimum absolute atomic E-state index is 0.165. The number of carbonyl (C=O) groups is 1. The molecule has 0 fully saturated rings. The Morgan fingerprint density at radius 2 is 1.93 bits per heavy atom. The van der Waals surface area contributed by atoms with Crippen molar-refractivity contribution in [3.63, 3.8) is 0 Å². The van der Waals surface area contributed by atoms with Gasteiger partial charge in [-0.3, -0.25) is 14.6 Å². The predicted molar refractivity (Wildman–Crippen MR) is 114 cm³/mol. The molecule has 0 unspecified atom stereocenters. The first-order valence-electron chi connectivity index (χ1n) is 9.60. The number of ether oxygens (including phenoxy) is 1. The predicted octanol–water partition coefficient (Wildman–Crippen LogP) is 3.00. The fourth-order valence-corrected chi connectivity index (χ4v) is 3.11. The Balaban J connectivity index is 1.49. The SMILES string of the molecule is CCc1cc(=O)[nH]c(-n2nc(C)cc2NC(=O)COc2ccc3ccccc3c2)n1. The zero-order valence-electron chi connectivity index (χ0n) is 16.7. The second-order valence-corrected chi connectivity index (χ2v) is 6.84. The van der Waals surface area contributed by atoms with Gasteiger partial charge in [0.1, 0.15) is 11.6 Å². The highest BCUT2D eigenvalue weighted by molar-refractivity contribution is 5.91. The van der Waals surface area contributed by atoms with Crippen molar-refractivity contribution in [3.05, 3.63) is 76.3 Å². The Morgan fingerprint density at radius 1 is 1.13 bits per heavy atom. The van der Waals surface area contributed by atoms with Crippen LogP contribution in [0, 0.1) is 6.92 Å². The van der Waals surface area contributed by atoms with Crippen LogP contribution in [0.1, 0.15) is 18.3 Å². The molecule has 4 rings (SSSR count). The molecule has 0 spiro atoms. The van der Waals surface area contributed by atoms with Crippen molar-refractivity contribution in [2.45, 2.75) is 20.3 Å². The highest BCUT2D eigenvalue weighted by Crippen LogP contribution is 2.20. The lowest BCUT2D eigenvalue weighted by molar-refractivity contribution is -0.118. The second kappa shape index (κ2) is 8.20. The van der Waals surface area contributed by atoms with Crippen molar-refractivity contribution in [3.8, 4) is 11.7 Å². The molecule has 8 nitrogen and oxygen atoms in total. The van der Waals surface area contributed by atoms with Gasteiger partial charge in [0.15, 0.2) is 6.61 Å². The summed E-state index contributed by atoms with van der Waals surface area (Å²) < 4.78 is 7.05. The lowest BCUT2D eigenvalue weighted by atomic mass is 10.1. The molecule has 0 saturated heterocycles. The largest absolute Gasteiger partial charge is 0.484 e. The summed E-state index contributed by atoms with van der Waals surface area (Å²) in [5.41, 5.74) is 1.03. The van der Waals surface area contributed by atoms with Crippen LogP contribution in [0.3, 0.4) is 0 Å². The second-order valence-electron chi connectivity index (χ2n) is 6.84. The maximum Gasteiger partial charge on any atom is 0.263 e. The number of aryl methyl sites for hydroxylation is 2. The van der Waals surface area contributed by atoms with E-state index in [0.29, 0.717) is 29.4 Å². The van der Waals surface area contributed by atoms with Crippen LogP contribution in [0.15, 0.2) is 59.4 Å². The maximum atomic E-state index is 12.5. The van der Waals surface area contributed by atoms with Crippen LogP contribution >= 0.6 is 0 Å². The Labute approximate surface area is 172 Å². The van der Waals surface area contributed by atoms with Crippen molar-refractivity contribution in [1.29, 1.82) is 0 Å². The molecule has 2 aromatic heterocycles.